The van der Waals surface area contributed by atoms with E-state index in [-0.39, 0.29) is 17.7 Å². The maximum atomic E-state index is 11.9. The van der Waals surface area contributed by atoms with Gasteiger partial charge in [0.15, 0.2) is 0 Å². The summed E-state index contributed by atoms with van der Waals surface area (Å²) in [6.45, 7) is 11.9. The van der Waals surface area contributed by atoms with Gasteiger partial charge >= 0.3 is 6.09 Å². The van der Waals surface area contributed by atoms with Crippen molar-refractivity contribution < 1.29 is 9.53 Å². The molecule has 122 valence electrons. The van der Waals surface area contributed by atoms with Crippen LogP contribution < -0.4 is 5.32 Å². The largest absolute Gasteiger partial charge is 0.444 e. The lowest BCUT2D eigenvalue weighted by Gasteiger charge is -2.31. The molecule has 0 spiro atoms. The van der Waals surface area contributed by atoms with Crippen molar-refractivity contribution in [1.82, 2.24) is 10.2 Å². The highest BCUT2D eigenvalue weighted by Gasteiger charge is 2.39. The van der Waals surface area contributed by atoms with Gasteiger partial charge in [-0.2, -0.15) is 0 Å². The SMILES string of the molecule is CC(C)(C)OC(=O)NC1CN(Cc2ccccc2)C(C)(C)C1. The van der Waals surface area contributed by atoms with E-state index in [1.807, 2.05) is 26.8 Å². The number of hydrogen-bond acceptors (Lipinski definition) is 3. The van der Waals surface area contributed by atoms with Crippen molar-refractivity contribution >= 4 is 6.09 Å². The summed E-state index contributed by atoms with van der Waals surface area (Å²) in [6.07, 6.45) is 0.605. The molecule has 1 aliphatic heterocycles. The van der Waals surface area contributed by atoms with Gasteiger partial charge in [-0.15, -0.1) is 0 Å². The Kier molecular flexibility index (Phi) is 4.81. The Morgan fingerprint density at radius 3 is 2.55 bits per heavy atom. The van der Waals surface area contributed by atoms with E-state index >= 15 is 0 Å². The Bertz CT molecular complexity index is 506. The molecule has 1 saturated heterocycles. The smallest absolute Gasteiger partial charge is 0.407 e. The fourth-order valence-corrected chi connectivity index (χ4v) is 2.96. The molecule has 22 heavy (non-hydrogen) atoms. The van der Waals surface area contributed by atoms with E-state index in [1.54, 1.807) is 0 Å². The second-order valence-electron chi connectivity index (χ2n) is 7.73. The monoisotopic (exact) mass is 304 g/mol. The average molecular weight is 304 g/mol. The minimum atomic E-state index is -0.456. The third-order valence-corrected chi connectivity index (χ3v) is 3.98. The molecule has 0 aromatic heterocycles. The number of carbonyl (C=O) groups excluding carboxylic acids is 1. The maximum absolute atomic E-state index is 11.9. The summed E-state index contributed by atoms with van der Waals surface area (Å²) in [5, 5.41) is 3.00. The summed E-state index contributed by atoms with van der Waals surface area (Å²) >= 11 is 0. The zero-order valence-corrected chi connectivity index (χ0v) is 14.3. The van der Waals surface area contributed by atoms with Crippen molar-refractivity contribution in [2.45, 2.75) is 64.8 Å². The van der Waals surface area contributed by atoms with Crippen LogP contribution in [0.5, 0.6) is 0 Å². The zero-order chi connectivity index (χ0) is 16.4. The van der Waals surface area contributed by atoms with Gasteiger partial charge in [-0.05, 0) is 46.6 Å². The highest BCUT2D eigenvalue weighted by Crippen LogP contribution is 2.30. The van der Waals surface area contributed by atoms with Gasteiger partial charge in [0, 0.05) is 24.7 Å². The number of ether oxygens (including phenoxy) is 1. The van der Waals surface area contributed by atoms with E-state index in [4.69, 9.17) is 4.74 Å². The van der Waals surface area contributed by atoms with Crippen LogP contribution in [-0.2, 0) is 11.3 Å². The fourth-order valence-electron chi connectivity index (χ4n) is 2.96. The standard InChI is InChI=1S/C18H28N2O2/c1-17(2,3)22-16(21)19-15-11-18(4,5)20(13-15)12-14-9-7-6-8-10-14/h6-10,15H,11-13H2,1-5H3,(H,19,21). The van der Waals surface area contributed by atoms with E-state index in [9.17, 15) is 4.79 Å². The van der Waals surface area contributed by atoms with Gasteiger partial charge in [-0.1, -0.05) is 30.3 Å². The second kappa shape index (κ2) is 6.29. The number of rotatable bonds is 3. The Morgan fingerprint density at radius 2 is 1.95 bits per heavy atom. The Morgan fingerprint density at radius 1 is 1.32 bits per heavy atom. The first-order chi connectivity index (χ1) is 10.2. The normalized spacial score (nSPS) is 21.6. The highest BCUT2D eigenvalue weighted by atomic mass is 16.6. The predicted molar refractivity (Wildman–Crippen MR) is 88.7 cm³/mol. The van der Waals surface area contributed by atoms with E-state index < -0.39 is 5.60 Å². The van der Waals surface area contributed by atoms with Crippen LogP contribution in [0, 0.1) is 0 Å². The Balaban J connectivity index is 1.94. The summed E-state index contributed by atoms with van der Waals surface area (Å²) in [6, 6.07) is 10.6. The molecule has 0 radical (unpaired) electrons. The second-order valence-corrected chi connectivity index (χ2v) is 7.73. The van der Waals surface area contributed by atoms with E-state index in [0.717, 1.165) is 19.5 Å². The summed E-state index contributed by atoms with van der Waals surface area (Å²) in [7, 11) is 0. The molecular weight excluding hydrogens is 276 g/mol. The quantitative estimate of drug-likeness (QED) is 0.928. The number of benzene rings is 1. The summed E-state index contributed by atoms with van der Waals surface area (Å²) in [5.74, 6) is 0. The van der Waals surface area contributed by atoms with Crippen molar-refractivity contribution in [3.8, 4) is 0 Å². The van der Waals surface area contributed by atoms with Gasteiger partial charge in [0.2, 0.25) is 0 Å². The van der Waals surface area contributed by atoms with Crippen LogP contribution in [0.3, 0.4) is 0 Å². The summed E-state index contributed by atoms with van der Waals surface area (Å²) < 4.78 is 5.35. The van der Waals surface area contributed by atoms with Gasteiger partial charge < -0.3 is 10.1 Å². The lowest BCUT2D eigenvalue weighted by molar-refractivity contribution is 0.0506. The van der Waals surface area contributed by atoms with Crippen LogP contribution in [0.4, 0.5) is 4.79 Å². The highest BCUT2D eigenvalue weighted by molar-refractivity contribution is 5.68. The molecule has 0 bridgehead atoms. The van der Waals surface area contributed by atoms with Gasteiger partial charge in [-0.25, -0.2) is 4.79 Å². The van der Waals surface area contributed by atoms with Gasteiger partial charge in [-0.3, -0.25) is 4.90 Å². The molecule has 4 nitrogen and oxygen atoms in total. The first kappa shape index (κ1) is 16.8. The lowest BCUT2D eigenvalue weighted by Crippen LogP contribution is -2.40. The first-order valence-electron chi connectivity index (χ1n) is 7.94. The van der Waals surface area contributed by atoms with E-state index in [1.165, 1.54) is 5.56 Å². The third-order valence-electron chi connectivity index (χ3n) is 3.98. The molecule has 1 aromatic carbocycles. The third kappa shape index (κ3) is 4.73. The summed E-state index contributed by atoms with van der Waals surface area (Å²) in [5.41, 5.74) is 0.908. The van der Waals surface area contributed by atoms with Crippen LogP contribution in [0.1, 0.15) is 46.6 Å². The minimum Gasteiger partial charge on any atom is -0.444 e. The number of carbonyl (C=O) groups is 1. The molecule has 1 amide bonds. The van der Waals surface area contributed by atoms with Crippen molar-refractivity contribution in [2.24, 2.45) is 0 Å². The number of amides is 1. The molecular formula is C18H28N2O2. The molecule has 1 unspecified atom stereocenters. The maximum Gasteiger partial charge on any atom is 0.407 e. The summed E-state index contributed by atoms with van der Waals surface area (Å²) in [4.78, 5) is 14.4. The van der Waals surface area contributed by atoms with Crippen molar-refractivity contribution in [2.75, 3.05) is 6.54 Å². The molecule has 1 aliphatic rings. The molecule has 1 aromatic rings. The van der Waals surface area contributed by atoms with E-state index in [2.05, 4.69) is 48.3 Å². The van der Waals surface area contributed by atoms with Gasteiger partial charge in [0.1, 0.15) is 5.60 Å². The molecule has 0 aliphatic carbocycles. The van der Waals surface area contributed by atoms with Crippen LogP contribution in [0.25, 0.3) is 0 Å². The van der Waals surface area contributed by atoms with Crippen molar-refractivity contribution in [3.63, 3.8) is 0 Å². The topological polar surface area (TPSA) is 41.6 Å². The number of alkyl carbamates (subject to hydrolysis) is 1. The van der Waals surface area contributed by atoms with Crippen LogP contribution >= 0.6 is 0 Å². The van der Waals surface area contributed by atoms with E-state index in [0.29, 0.717) is 0 Å². The zero-order valence-electron chi connectivity index (χ0n) is 14.3. The molecule has 0 saturated carbocycles. The molecule has 1 fully saturated rings. The van der Waals surface area contributed by atoms with Crippen LogP contribution in [0.15, 0.2) is 30.3 Å². The molecule has 1 heterocycles. The Labute approximate surface area is 133 Å². The minimum absolute atomic E-state index is 0.0650. The number of hydrogen-bond donors (Lipinski definition) is 1. The number of likely N-dealkylation sites (tertiary alicyclic amines) is 1. The van der Waals surface area contributed by atoms with Crippen molar-refractivity contribution in [3.05, 3.63) is 35.9 Å². The Hall–Kier alpha value is -1.55. The average Bonchev–Trinajstić information content (AvgIpc) is 2.62. The molecule has 1 N–H and O–H groups in total. The fraction of sp³-hybridized carbons (Fsp3) is 0.611. The van der Waals surface area contributed by atoms with Crippen LogP contribution in [-0.4, -0.2) is 34.7 Å². The van der Waals surface area contributed by atoms with Crippen molar-refractivity contribution in [1.29, 1.82) is 0 Å². The molecule has 4 heteroatoms. The van der Waals surface area contributed by atoms with Crippen LogP contribution in [0.2, 0.25) is 0 Å². The number of nitrogens with one attached hydrogen (secondary N) is 1. The number of nitrogens with zero attached hydrogens (tertiary/aromatic N) is 1. The first-order valence-corrected chi connectivity index (χ1v) is 7.94. The predicted octanol–water partition coefficient (Wildman–Crippen LogP) is 3.56. The molecule has 2 rings (SSSR count). The van der Waals surface area contributed by atoms with Gasteiger partial charge in [0.25, 0.3) is 0 Å². The van der Waals surface area contributed by atoms with Gasteiger partial charge in [0.05, 0.1) is 0 Å². The lowest BCUT2D eigenvalue weighted by atomic mass is 10.00. The molecule has 1 atom stereocenters.